The normalized spacial score (nSPS) is 14.8. The number of pyridine rings is 1. The summed E-state index contributed by atoms with van der Waals surface area (Å²) in [6.45, 7) is 0.226. The molecule has 0 atom stereocenters. The van der Waals surface area contributed by atoms with E-state index in [0.717, 1.165) is 0 Å². The van der Waals surface area contributed by atoms with Crippen molar-refractivity contribution in [3.8, 4) is 11.1 Å². The third-order valence-electron chi connectivity index (χ3n) is 4.64. The molecule has 140 valence electrons. The number of amides is 1. The molecule has 0 spiro atoms. The maximum absolute atomic E-state index is 13.0. The molecule has 3 aromatic rings. The number of hydrogen-bond acceptors (Lipinski definition) is 2. The van der Waals surface area contributed by atoms with E-state index in [-0.39, 0.29) is 31.1 Å². The number of benzene rings is 1. The summed E-state index contributed by atoms with van der Waals surface area (Å²) in [5.41, 5.74) is 2.30. The van der Waals surface area contributed by atoms with E-state index in [1.165, 1.54) is 17.0 Å². The lowest BCUT2D eigenvalue weighted by atomic mass is 10.0. The van der Waals surface area contributed by atoms with Crippen LogP contribution in [-0.2, 0) is 11.3 Å². The zero-order valence-corrected chi connectivity index (χ0v) is 14.8. The average Bonchev–Trinajstić information content (AvgIpc) is 2.94. The molecule has 0 radical (unpaired) electrons. The van der Waals surface area contributed by atoms with Crippen molar-refractivity contribution < 1.29 is 18.0 Å². The van der Waals surface area contributed by atoms with Crippen molar-refractivity contribution >= 4 is 28.5 Å². The maximum atomic E-state index is 13.0. The van der Waals surface area contributed by atoms with Crippen molar-refractivity contribution in [3.05, 3.63) is 53.3 Å². The molecule has 1 saturated heterocycles. The highest BCUT2D eigenvalue weighted by Gasteiger charge is 2.30. The Morgan fingerprint density at radius 2 is 2.04 bits per heavy atom. The molecule has 8 heteroatoms. The van der Waals surface area contributed by atoms with E-state index in [4.69, 9.17) is 11.6 Å². The van der Waals surface area contributed by atoms with Gasteiger partial charge in [-0.25, -0.2) is 13.2 Å². The largest absolute Gasteiger partial charge is 0.335 e. The summed E-state index contributed by atoms with van der Waals surface area (Å²) in [6, 6.07) is 7.82. The third kappa shape index (κ3) is 3.39. The van der Waals surface area contributed by atoms with Gasteiger partial charge >= 0.3 is 0 Å². The predicted octanol–water partition coefficient (Wildman–Crippen LogP) is 4.47. The van der Waals surface area contributed by atoms with Crippen LogP contribution in [0.3, 0.4) is 0 Å². The van der Waals surface area contributed by atoms with Crippen LogP contribution in [0.1, 0.15) is 12.0 Å². The standard InChI is InChI=1S/C19H15ClF3N3O/c20-15-9-25(10-17(27)26-7-14(21)8-26)16-5-13(6-24-18(15)16)11-2-1-3-12(4-11)19(22)23/h1-6,9,14,19H,7-8,10H2. The van der Waals surface area contributed by atoms with E-state index in [9.17, 15) is 18.0 Å². The zero-order valence-electron chi connectivity index (χ0n) is 14.1. The molecule has 27 heavy (non-hydrogen) atoms. The van der Waals surface area contributed by atoms with Gasteiger partial charge in [-0.15, -0.1) is 0 Å². The molecule has 0 unspecified atom stereocenters. The highest BCUT2D eigenvalue weighted by atomic mass is 35.5. The Labute approximate surface area is 158 Å². The van der Waals surface area contributed by atoms with Crippen molar-refractivity contribution in [1.29, 1.82) is 0 Å². The second kappa shape index (κ2) is 6.88. The van der Waals surface area contributed by atoms with E-state index in [1.807, 2.05) is 0 Å². The number of carbonyl (C=O) groups excluding carboxylic acids is 1. The molecule has 0 N–H and O–H groups in total. The Morgan fingerprint density at radius 3 is 2.74 bits per heavy atom. The van der Waals surface area contributed by atoms with Crippen molar-refractivity contribution in [2.45, 2.75) is 19.1 Å². The summed E-state index contributed by atoms with van der Waals surface area (Å²) in [6.07, 6.45) is -0.361. The van der Waals surface area contributed by atoms with Gasteiger partial charge in [0.2, 0.25) is 5.91 Å². The lowest BCUT2D eigenvalue weighted by molar-refractivity contribution is -0.138. The number of fused-ring (bicyclic) bond motifs is 1. The Hall–Kier alpha value is -2.54. The molecule has 0 saturated carbocycles. The molecule has 1 aromatic carbocycles. The highest BCUT2D eigenvalue weighted by molar-refractivity contribution is 6.35. The molecule has 1 amide bonds. The quantitative estimate of drug-likeness (QED) is 0.655. The molecule has 1 fully saturated rings. The van der Waals surface area contributed by atoms with E-state index < -0.39 is 12.6 Å². The van der Waals surface area contributed by atoms with Crippen LogP contribution in [0.5, 0.6) is 0 Å². The summed E-state index contributed by atoms with van der Waals surface area (Å²) in [5.74, 6) is -0.206. The first-order valence-corrected chi connectivity index (χ1v) is 8.75. The smallest absolute Gasteiger partial charge is 0.263 e. The minimum atomic E-state index is -2.56. The molecular formula is C19H15ClF3N3O. The number of hydrogen-bond donors (Lipinski definition) is 0. The van der Waals surface area contributed by atoms with Gasteiger partial charge in [-0.05, 0) is 17.7 Å². The van der Waals surface area contributed by atoms with Crippen LogP contribution < -0.4 is 0 Å². The molecule has 1 aliphatic rings. The molecule has 4 rings (SSSR count). The zero-order chi connectivity index (χ0) is 19.1. The van der Waals surface area contributed by atoms with E-state index in [0.29, 0.717) is 27.2 Å². The first-order valence-electron chi connectivity index (χ1n) is 8.37. The first-order chi connectivity index (χ1) is 12.9. The number of likely N-dealkylation sites (tertiary alicyclic amines) is 1. The third-order valence-corrected chi connectivity index (χ3v) is 4.92. The molecule has 0 aliphatic carbocycles. The van der Waals surface area contributed by atoms with E-state index >= 15 is 0 Å². The second-order valence-electron chi connectivity index (χ2n) is 6.52. The molecule has 3 heterocycles. The van der Waals surface area contributed by atoms with Crippen molar-refractivity contribution in [2.24, 2.45) is 0 Å². The maximum Gasteiger partial charge on any atom is 0.263 e. The first kappa shape index (κ1) is 17.9. The fraction of sp³-hybridized carbons (Fsp3) is 0.263. The average molecular weight is 394 g/mol. The van der Waals surface area contributed by atoms with E-state index in [1.54, 1.807) is 35.2 Å². The van der Waals surface area contributed by atoms with Gasteiger partial charge in [0.15, 0.2) is 0 Å². The Balaban J connectivity index is 1.69. The van der Waals surface area contributed by atoms with Crippen molar-refractivity contribution in [1.82, 2.24) is 14.5 Å². The van der Waals surface area contributed by atoms with Crippen molar-refractivity contribution in [2.75, 3.05) is 13.1 Å². The second-order valence-corrected chi connectivity index (χ2v) is 6.93. The van der Waals surface area contributed by atoms with E-state index in [2.05, 4.69) is 4.98 Å². The van der Waals surface area contributed by atoms with Crippen LogP contribution >= 0.6 is 11.6 Å². The minimum Gasteiger partial charge on any atom is -0.335 e. The lowest BCUT2D eigenvalue weighted by Gasteiger charge is -2.34. The minimum absolute atomic E-state index is 0.0121. The molecule has 0 bridgehead atoms. The summed E-state index contributed by atoms with van der Waals surface area (Å²) < 4.78 is 40.5. The fourth-order valence-electron chi connectivity index (χ4n) is 3.14. The van der Waals surface area contributed by atoms with Crippen LogP contribution in [0.2, 0.25) is 5.02 Å². The SMILES string of the molecule is O=C(Cn1cc(Cl)c2ncc(-c3cccc(C(F)F)c3)cc21)N1CC(F)C1. The summed E-state index contributed by atoms with van der Waals surface area (Å²) in [4.78, 5) is 18.0. The number of halogens is 4. The van der Waals surface area contributed by atoms with Gasteiger partial charge in [0.25, 0.3) is 6.43 Å². The molecule has 1 aliphatic heterocycles. The van der Waals surface area contributed by atoms with Crippen LogP contribution in [0.15, 0.2) is 42.7 Å². The number of alkyl halides is 3. The van der Waals surface area contributed by atoms with Gasteiger partial charge in [0, 0.05) is 23.5 Å². The van der Waals surface area contributed by atoms with Gasteiger partial charge in [0.1, 0.15) is 18.2 Å². The number of rotatable bonds is 4. The monoisotopic (exact) mass is 393 g/mol. The summed E-state index contributed by atoms with van der Waals surface area (Å²) >= 11 is 6.21. The van der Waals surface area contributed by atoms with Gasteiger partial charge in [-0.1, -0.05) is 29.8 Å². The van der Waals surface area contributed by atoms with Gasteiger partial charge in [-0.3, -0.25) is 9.78 Å². The Kier molecular flexibility index (Phi) is 4.55. The Bertz CT molecular complexity index is 1010. The number of carbonyl (C=O) groups is 1. The van der Waals surface area contributed by atoms with Crippen LogP contribution in [0.25, 0.3) is 22.2 Å². The van der Waals surface area contributed by atoms with Crippen molar-refractivity contribution in [3.63, 3.8) is 0 Å². The summed E-state index contributed by atoms with van der Waals surface area (Å²) in [7, 11) is 0. The predicted molar refractivity (Wildman–Crippen MR) is 96.6 cm³/mol. The molecule has 4 nitrogen and oxygen atoms in total. The number of nitrogens with zero attached hydrogens (tertiary/aromatic N) is 3. The summed E-state index contributed by atoms with van der Waals surface area (Å²) in [5, 5.41) is 0.387. The fourth-order valence-corrected chi connectivity index (χ4v) is 3.40. The Morgan fingerprint density at radius 1 is 1.26 bits per heavy atom. The molecular weight excluding hydrogens is 379 g/mol. The van der Waals surface area contributed by atoms with Crippen LogP contribution in [0, 0.1) is 0 Å². The van der Waals surface area contributed by atoms with Crippen LogP contribution in [-0.4, -0.2) is 39.6 Å². The topological polar surface area (TPSA) is 38.1 Å². The highest BCUT2D eigenvalue weighted by Crippen LogP contribution is 2.30. The van der Waals surface area contributed by atoms with Gasteiger partial charge in [0.05, 0.1) is 23.6 Å². The lowest BCUT2D eigenvalue weighted by Crippen LogP contribution is -2.52. The molecule has 2 aromatic heterocycles. The van der Waals surface area contributed by atoms with Gasteiger partial charge < -0.3 is 9.47 Å². The van der Waals surface area contributed by atoms with Crippen LogP contribution in [0.4, 0.5) is 13.2 Å². The van der Waals surface area contributed by atoms with Gasteiger partial charge in [-0.2, -0.15) is 0 Å². The number of aromatic nitrogens is 2.